The average Bonchev–Trinajstić information content (AvgIpc) is 3.22. The fourth-order valence-electron chi connectivity index (χ4n) is 5.17. The molecule has 3 N–H and O–H groups in total. The van der Waals surface area contributed by atoms with Crippen LogP contribution in [0.15, 0.2) is 182 Å². The first-order chi connectivity index (χ1) is 27.6. The normalized spacial score (nSPS) is 9.73. The third-order valence-corrected chi connectivity index (χ3v) is 13.6. The molecule has 0 bridgehead atoms. The van der Waals surface area contributed by atoms with Crippen LogP contribution in [0.25, 0.3) is 0 Å². The van der Waals surface area contributed by atoms with Gasteiger partial charge in [-0.15, -0.1) is 0 Å². The molecule has 0 spiro atoms. The molecule has 0 saturated heterocycles. The van der Waals surface area contributed by atoms with E-state index in [-0.39, 0.29) is 68.0 Å². The van der Waals surface area contributed by atoms with Crippen LogP contribution in [0, 0.1) is 84.6 Å². The van der Waals surface area contributed by atoms with E-state index < -0.39 is 29.5 Å². The van der Waals surface area contributed by atoms with Crippen LogP contribution < -0.4 is 21.2 Å². The predicted molar refractivity (Wildman–Crippen MR) is 227 cm³/mol. The van der Waals surface area contributed by atoms with Crippen LogP contribution in [0.3, 0.4) is 0 Å². The number of hydrogen-bond acceptors (Lipinski definition) is 13. The van der Waals surface area contributed by atoms with Crippen molar-refractivity contribution in [1.29, 1.82) is 0 Å². The molecule has 314 valence electrons. The quantitative estimate of drug-likeness (QED) is 0.0491. The number of carbonyl (C=O) groups excluding carboxylic acids is 2. The molecular formula is C40H37N3O14P2Tb+. The van der Waals surface area contributed by atoms with Crippen LogP contribution in [0.5, 0.6) is 0 Å². The summed E-state index contributed by atoms with van der Waals surface area (Å²) in [5, 5.41) is 47.1. The van der Waals surface area contributed by atoms with Gasteiger partial charge in [-0.2, -0.15) is 0 Å². The van der Waals surface area contributed by atoms with Crippen molar-refractivity contribution in [3.8, 4) is 0 Å². The maximum atomic E-state index is 13.8. The van der Waals surface area contributed by atoms with Gasteiger partial charge in [0.25, 0.3) is 0 Å². The number of rotatable bonds is 10. The SMILES string of the molecule is O=C(CP(=O)(c1ccccc1)c1ccccc1)c1ccccc1.O=C(CP(=O)(c1ccccc1)c1ccccc1)c1ccccc1.O=[N+]([O-])[O-].O=[N+]([O-])[O-].O=[N+]([O-])[O-].[OH3+].[Tb+3]. The summed E-state index contributed by atoms with van der Waals surface area (Å²) < 4.78 is 27.6. The average molecular weight is 1000 g/mol. The Labute approximate surface area is 374 Å². The number of hydrogen-bond donors (Lipinski definition) is 0. The van der Waals surface area contributed by atoms with E-state index in [2.05, 4.69) is 0 Å². The molecule has 20 heteroatoms. The van der Waals surface area contributed by atoms with E-state index in [9.17, 15) is 18.7 Å². The third-order valence-electron chi connectivity index (χ3n) is 7.62. The molecular weight excluding hydrogens is 967 g/mol. The summed E-state index contributed by atoms with van der Waals surface area (Å²) in [6.45, 7) is 0. The molecule has 6 rings (SSSR count). The van der Waals surface area contributed by atoms with Crippen LogP contribution in [-0.2, 0) is 14.6 Å². The van der Waals surface area contributed by atoms with Gasteiger partial charge in [0.1, 0.15) is 0 Å². The summed E-state index contributed by atoms with van der Waals surface area (Å²) in [6, 6.07) is 55.2. The van der Waals surface area contributed by atoms with Gasteiger partial charge in [-0.25, -0.2) is 0 Å². The molecule has 0 unspecified atom stereocenters. The Kier molecular flexibility index (Phi) is 25.5. The summed E-state index contributed by atoms with van der Waals surface area (Å²) in [7, 11) is -5.99. The molecule has 60 heavy (non-hydrogen) atoms. The van der Waals surface area contributed by atoms with E-state index >= 15 is 0 Å². The molecule has 0 saturated carbocycles. The van der Waals surface area contributed by atoms with Gasteiger partial charge in [-0.05, 0) is 0 Å². The second-order valence-electron chi connectivity index (χ2n) is 11.4. The Hall–Kier alpha value is -6.03. The third kappa shape index (κ3) is 19.1. The zero-order chi connectivity index (χ0) is 43.0. The van der Waals surface area contributed by atoms with Crippen molar-refractivity contribution in [1.82, 2.24) is 0 Å². The van der Waals surface area contributed by atoms with Crippen LogP contribution in [-0.4, -0.2) is 39.2 Å². The summed E-state index contributed by atoms with van der Waals surface area (Å²) in [4.78, 5) is 50.0. The van der Waals surface area contributed by atoms with Crippen LogP contribution >= 0.6 is 14.3 Å². The van der Waals surface area contributed by atoms with Crippen molar-refractivity contribution in [3.63, 3.8) is 0 Å². The summed E-state index contributed by atoms with van der Waals surface area (Å²) in [6.07, 6.45) is 0.01000. The van der Waals surface area contributed by atoms with Crippen molar-refractivity contribution in [2.75, 3.05) is 12.3 Å². The Balaban J connectivity index is 0.000000892. The maximum absolute atomic E-state index is 13.8. The van der Waals surface area contributed by atoms with Crippen molar-refractivity contribution in [3.05, 3.63) is 239 Å². The van der Waals surface area contributed by atoms with E-state index in [0.717, 1.165) is 21.2 Å². The number of carbonyl (C=O) groups is 2. The molecule has 0 aliphatic carbocycles. The fourth-order valence-corrected chi connectivity index (χ4v) is 10.3. The van der Waals surface area contributed by atoms with Crippen molar-refractivity contribution in [2.45, 2.75) is 0 Å². The molecule has 0 atom stereocenters. The minimum atomic E-state index is -3.00. The predicted octanol–water partition coefficient (Wildman–Crippen LogP) is 6.13. The minimum absolute atomic E-state index is 0. The number of ketones is 2. The maximum Gasteiger partial charge on any atom is 3.00 e. The molecule has 0 radical (unpaired) electrons. The van der Waals surface area contributed by atoms with Gasteiger partial charge in [0.2, 0.25) is 0 Å². The fraction of sp³-hybridized carbons (Fsp3) is 0.0500. The molecule has 0 heterocycles. The van der Waals surface area contributed by atoms with Gasteiger partial charge in [-0.3, -0.25) is 9.59 Å². The smallest absolute Gasteiger partial charge is 0.457 e. The molecule has 0 aromatic heterocycles. The second kappa shape index (κ2) is 28.4. The number of Topliss-reactive ketones (excluding diaryl/α,β-unsaturated/α-hetero) is 2. The summed E-state index contributed by atoms with van der Waals surface area (Å²) in [5.74, 6) is -0.191. The molecule has 0 amide bonds. The largest absolute Gasteiger partial charge is 3.00 e. The van der Waals surface area contributed by atoms with Crippen molar-refractivity contribution in [2.24, 2.45) is 0 Å². The Bertz CT molecular complexity index is 2030. The number of benzene rings is 6. The van der Waals surface area contributed by atoms with Crippen LogP contribution in [0.2, 0.25) is 0 Å². The molecule has 6 aromatic rings. The minimum Gasteiger partial charge on any atom is -0.457 e. The molecule has 0 aliphatic rings. The summed E-state index contributed by atoms with van der Waals surface area (Å²) >= 11 is 0. The van der Waals surface area contributed by atoms with E-state index in [4.69, 9.17) is 46.0 Å². The first-order valence-corrected chi connectivity index (χ1v) is 20.4. The number of nitrogens with zero attached hydrogens (tertiary/aromatic N) is 3. The molecule has 0 aliphatic heterocycles. The molecule has 0 fully saturated rings. The second-order valence-corrected chi connectivity index (χ2v) is 17.0. The molecule has 6 aromatic carbocycles. The van der Waals surface area contributed by atoms with Gasteiger partial charge in [0.05, 0.1) is 27.6 Å². The van der Waals surface area contributed by atoms with Gasteiger partial charge >= 0.3 is 38.6 Å². The van der Waals surface area contributed by atoms with E-state index in [0.29, 0.717) is 11.1 Å². The monoisotopic (exact) mass is 1000 g/mol. The standard InChI is InChI=1S/2C20H17O2P.3NO3.H2O.Tb/c2*21-20(17-10-4-1-5-11-17)16-23(22,18-12-6-2-7-13-18)19-14-8-3-9-15-19;3*2-1(3)4;;/h2*1-15H,16H2;;;;1H2;/q;;3*-1;;+3/p+1. The van der Waals surface area contributed by atoms with E-state index in [1.54, 1.807) is 24.3 Å². The van der Waals surface area contributed by atoms with Crippen molar-refractivity contribution < 1.29 is 78.1 Å². The Morgan fingerprint density at radius 3 is 0.683 bits per heavy atom. The topological polar surface area (TPSA) is 300 Å². The van der Waals surface area contributed by atoms with E-state index in [1.807, 2.05) is 158 Å². The first kappa shape index (κ1) is 54.0. The zero-order valence-electron chi connectivity index (χ0n) is 31.2. The Morgan fingerprint density at radius 2 is 0.517 bits per heavy atom. The van der Waals surface area contributed by atoms with Crippen molar-refractivity contribution >= 4 is 47.1 Å². The summed E-state index contributed by atoms with van der Waals surface area (Å²) in [5.41, 5.74) is 1.19. The molecule has 17 nitrogen and oxygen atoms in total. The van der Waals surface area contributed by atoms with Gasteiger partial charge in [-0.1, -0.05) is 182 Å². The Morgan fingerprint density at radius 1 is 0.367 bits per heavy atom. The first-order valence-electron chi connectivity index (χ1n) is 16.6. The van der Waals surface area contributed by atoms with Gasteiger partial charge in [0.15, 0.2) is 25.9 Å². The van der Waals surface area contributed by atoms with Crippen LogP contribution in [0.4, 0.5) is 0 Å². The van der Waals surface area contributed by atoms with Gasteiger partial charge < -0.3 is 60.6 Å². The van der Waals surface area contributed by atoms with Gasteiger partial charge in [0, 0.05) is 32.3 Å². The van der Waals surface area contributed by atoms with E-state index in [1.165, 1.54) is 0 Å². The van der Waals surface area contributed by atoms with Crippen LogP contribution in [0.1, 0.15) is 20.7 Å². The zero-order valence-corrected chi connectivity index (χ0v) is 35.1.